The monoisotopic (exact) mass is 253 g/mol. The summed E-state index contributed by atoms with van der Waals surface area (Å²) in [6.07, 6.45) is 2.00. The minimum Gasteiger partial charge on any atom is -0.497 e. The van der Waals surface area contributed by atoms with Crippen molar-refractivity contribution in [1.82, 2.24) is 5.32 Å². The molecule has 1 heterocycles. The van der Waals surface area contributed by atoms with Crippen molar-refractivity contribution < 1.29 is 9.84 Å². The van der Waals surface area contributed by atoms with Gasteiger partial charge in [0.15, 0.2) is 0 Å². The van der Waals surface area contributed by atoms with E-state index >= 15 is 0 Å². The van der Waals surface area contributed by atoms with Gasteiger partial charge in [-0.3, -0.25) is 0 Å². The Morgan fingerprint density at radius 2 is 2.24 bits per heavy atom. The van der Waals surface area contributed by atoms with Crippen molar-refractivity contribution in [2.75, 3.05) is 19.4 Å². The molecule has 2 atom stereocenters. The van der Waals surface area contributed by atoms with Crippen LogP contribution in [0.1, 0.15) is 12.8 Å². The summed E-state index contributed by atoms with van der Waals surface area (Å²) in [5.74, 6) is 1.61. The summed E-state index contributed by atoms with van der Waals surface area (Å²) in [6, 6.07) is 8.22. The number of aliphatic hydroxyl groups excluding tert-OH is 1. The van der Waals surface area contributed by atoms with Gasteiger partial charge < -0.3 is 15.2 Å². The second-order valence-electron chi connectivity index (χ2n) is 4.26. The minimum atomic E-state index is -0.260. The molecular formula is C13H19NO2S. The third-order valence-electron chi connectivity index (χ3n) is 3.04. The van der Waals surface area contributed by atoms with Gasteiger partial charge in [0.05, 0.1) is 13.2 Å². The summed E-state index contributed by atoms with van der Waals surface area (Å²) in [4.78, 5) is 1.17. The standard InChI is InChI=1S/C13H19NO2S/c1-16-10-4-6-11(7-5-10)17-9-13(15)12-3-2-8-14-12/h4-7,12-15H,2-3,8-9H2,1H3. The number of aliphatic hydroxyl groups is 1. The summed E-state index contributed by atoms with van der Waals surface area (Å²) in [7, 11) is 1.66. The van der Waals surface area contributed by atoms with E-state index in [1.165, 1.54) is 11.3 Å². The molecule has 0 bridgehead atoms. The van der Waals surface area contributed by atoms with Gasteiger partial charge in [0.2, 0.25) is 0 Å². The second-order valence-corrected chi connectivity index (χ2v) is 5.35. The first-order valence-corrected chi connectivity index (χ1v) is 6.96. The molecule has 1 fully saturated rings. The van der Waals surface area contributed by atoms with Gasteiger partial charge in [0.1, 0.15) is 5.75 Å². The molecule has 0 spiro atoms. The molecule has 3 nitrogen and oxygen atoms in total. The van der Waals surface area contributed by atoms with Gasteiger partial charge in [-0.2, -0.15) is 0 Å². The fourth-order valence-electron chi connectivity index (χ4n) is 2.01. The van der Waals surface area contributed by atoms with Crippen molar-refractivity contribution in [1.29, 1.82) is 0 Å². The lowest BCUT2D eigenvalue weighted by Crippen LogP contribution is -2.36. The number of ether oxygens (including phenoxy) is 1. The molecule has 1 aliphatic heterocycles. The average Bonchev–Trinajstić information content (AvgIpc) is 2.90. The van der Waals surface area contributed by atoms with E-state index in [4.69, 9.17) is 4.74 Å². The Morgan fingerprint density at radius 3 is 2.82 bits per heavy atom. The topological polar surface area (TPSA) is 41.5 Å². The Balaban J connectivity index is 1.80. The molecule has 1 aromatic carbocycles. The van der Waals surface area contributed by atoms with Crippen LogP contribution in [0.5, 0.6) is 5.75 Å². The normalized spacial score (nSPS) is 21.4. The van der Waals surface area contributed by atoms with E-state index in [0.717, 1.165) is 24.5 Å². The molecule has 0 aliphatic carbocycles. The lowest BCUT2D eigenvalue weighted by molar-refractivity contribution is 0.159. The molecule has 0 saturated carbocycles. The Kier molecular flexibility index (Phi) is 4.71. The molecule has 2 unspecified atom stereocenters. The Labute approximate surface area is 107 Å². The zero-order valence-corrected chi connectivity index (χ0v) is 10.9. The first kappa shape index (κ1) is 12.7. The average molecular weight is 253 g/mol. The Bertz CT molecular complexity index is 336. The second kappa shape index (κ2) is 6.28. The van der Waals surface area contributed by atoms with E-state index in [2.05, 4.69) is 5.32 Å². The largest absolute Gasteiger partial charge is 0.497 e. The van der Waals surface area contributed by atoms with Crippen molar-refractivity contribution in [3.05, 3.63) is 24.3 Å². The third-order valence-corrected chi connectivity index (χ3v) is 4.16. The minimum absolute atomic E-state index is 0.260. The highest BCUT2D eigenvalue weighted by molar-refractivity contribution is 7.99. The van der Waals surface area contributed by atoms with E-state index < -0.39 is 0 Å². The van der Waals surface area contributed by atoms with E-state index in [-0.39, 0.29) is 12.1 Å². The lowest BCUT2D eigenvalue weighted by atomic mass is 10.1. The van der Waals surface area contributed by atoms with E-state index in [9.17, 15) is 5.11 Å². The summed E-state index contributed by atoms with van der Waals surface area (Å²) in [6.45, 7) is 1.04. The van der Waals surface area contributed by atoms with Crippen molar-refractivity contribution >= 4 is 11.8 Å². The van der Waals surface area contributed by atoms with E-state index in [0.29, 0.717) is 0 Å². The molecule has 0 amide bonds. The van der Waals surface area contributed by atoms with Crippen molar-refractivity contribution in [2.24, 2.45) is 0 Å². The molecule has 1 aliphatic rings. The van der Waals surface area contributed by atoms with E-state index in [1.807, 2.05) is 24.3 Å². The quantitative estimate of drug-likeness (QED) is 0.787. The van der Waals surface area contributed by atoms with Crippen LogP contribution < -0.4 is 10.1 Å². The van der Waals surface area contributed by atoms with Crippen LogP contribution in [-0.4, -0.2) is 36.7 Å². The van der Waals surface area contributed by atoms with Crippen LogP contribution in [0.3, 0.4) is 0 Å². The van der Waals surface area contributed by atoms with Crippen molar-refractivity contribution in [3.8, 4) is 5.75 Å². The molecule has 0 radical (unpaired) electrons. The predicted octanol–water partition coefficient (Wildman–Crippen LogP) is 1.90. The first-order chi connectivity index (χ1) is 8.29. The van der Waals surface area contributed by atoms with Crippen LogP contribution in [0.15, 0.2) is 29.2 Å². The molecule has 17 heavy (non-hydrogen) atoms. The maximum atomic E-state index is 10.0. The molecule has 2 N–H and O–H groups in total. The first-order valence-electron chi connectivity index (χ1n) is 5.98. The van der Waals surface area contributed by atoms with Crippen molar-refractivity contribution in [3.63, 3.8) is 0 Å². The van der Waals surface area contributed by atoms with Gasteiger partial charge in [0.25, 0.3) is 0 Å². The zero-order valence-electron chi connectivity index (χ0n) is 10.1. The third kappa shape index (κ3) is 3.63. The summed E-state index contributed by atoms with van der Waals surface area (Å²) >= 11 is 1.69. The fourth-order valence-corrected chi connectivity index (χ4v) is 2.93. The molecule has 94 valence electrons. The van der Waals surface area contributed by atoms with Crippen molar-refractivity contribution in [2.45, 2.75) is 29.9 Å². The number of hydrogen-bond donors (Lipinski definition) is 2. The van der Waals surface area contributed by atoms with Gasteiger partial charge in [-0.05, 0) is 43.7 Å². The van der Waals surface area contributed by atoms with Gasteiger partial charge in [-0.25, -0.2) is 0 Å². The molecule has 1 aromatic rings. The maximum absolute atomic E-state index is 10.0. The van der Waals surface area contributed by atoms with Gasteiger partial charge in [0, 0.05) is 16.7 Å². The van der Waals surface area contributed by atoms with Crippen LogP contribution in [0.25, 0.3) is 0 Å². The summed E-state index contributed by atoms with van der Waals surface area (Å²) < 4.78 is 5.11. The molecule has 2 rings (SSSR count). The fraction of sp³-hybridized carbons (Fsp3) is 0.538. The van der Waals surface area contributed by atoms with Crippen LogP contribution in [0.2, 0.25) is 0 Å². The van der Waals surface area contributed by atoms with Gasteiger partial charge >= 0.3 is 0 Å². The summed E-state index contributed by atoms with van der Waals surface area (Å²) in [5.41, 5.74) is 0. The SMILES string of the molecule is COc1ccc(SCC(O)C2CCCN2)cc1. The van der Waals surface area contributed by atoms with Gasteiger partial charge in [-0.1, -0.05) is 0 Å². The van der Waals surface area contributed by atoms with Crippen LogP contribution in [-0.2, 0) is 0 Å². The van der Waals surface area contributed by atoms with E-state index in [1.54, 1.807) is 18.9 Å². The smallest absolute Gasteiger partial charge is 0.118 e. The Morgan fingerprint density at radius 1 is 1.47 bits per heavy atom. The number of hydrogen-bond acceptors (Lipinski definition) is 4. The highest BCUT2D eigenvalue weighted by atomic mass is 32.2. The Hall–Kier alpha value is -0.710. The predicted molar refractivity (Wildman–Crippen MR) is 70.7 cm³/mol. The highest BCUT2D eigenvalue weighted by Gasteiger charge is 2.22. The number of nitrogens with one attached hydrogen (secondary N) is 1. The van der Waals surface area contributed by atoms with Gasteiger partial charge in [-0.15, -0.1) is 11.8 Å². The number of benzene rings is 1. The number of methoxy groups -OCH3 is 1. The van der Waals surface area contributed by atoms with Crippen LogP contribution >= 0.6 is 11.8 Å². The highest BCUT2D eigenvalue weighted by Crippen LogP contribution is 2.23. The number of rotatable bonds is 5. The summed E-state index contributed by atoms with van der Waals surface area (Å²) in [5, 5.41) is 13.3. The lowest BCUT2D eigenvalue weighted by Gasteiger charge is -2.17. The maximum Gasteiger partial charge on any atom is 0.118 e. The molecule has 4 heteroatoms. The zero-order chi connectivity index (χ0) is 12.1. The van der Waals surface area contributed by atoms with Crippen LogP contribution in [0.4, 0.5) is 0 Å². The number of thioether (sulfide) groups is 1. The molecular weight excluding hydrogens is 234 g/mol. The molecule has 0 aromatic heterocycles. The van der Waals surface area contributed by atoms with Crippen LogP contribution in [0, 0.1) is 0 Å². The molecule has 1 saturated heterocycles.